The molecule has 0 fully saturated rings. The van der Waals surface area contributed by atoms with E-state index < -0.39 is 16.6 Å². The van der Waals surface area contributed by atoms with Crippen LogP contribution in [0.15, 0.2) is 58.4 Å². The lowest BCUT2D eigenvalue weighted by atomic mass is 10.2. The number of aliphatic imine (C=N–C) groups is 1. The average Bonchev–Trinajstić information content (AvgIpc) is 2.70. The number of ether oxygens (including phenoxy) is 1. The quantitative estimate of drug-likeness (QED) is 0.276. The van der Waals surface area contributed by atoms with Gasteiger partial charge in [0.25, 0.3) is 0 Å². The first kappa shape index (κ1) is 27.0. The minimum absolute atomic E-state index is 0. The molecule has 0 aliphatic heterocycles. The van der Waals surface area contributed by atoms with Crippen LogP contribution >= 0.6 is 24.0 Å². The van der Waals surface area contributed by atoms with E-state index in [0.29, 0.717) is 23.6 Å². The van der Waals surface area contributed by atoms with Crippen molar-refractivity contribution in [3.05, 3.63) is 59.7 Å². The summed E-state index contributed by atoms with van der Waals surface area (Å²) in [6.45, 7) is -0.148. The molecule has 2 N–H and O–H groups in total. The largest absolute Gasteiger partial charge is 0.434 e. The lowest BCUT2D eigenvalue weighted by Gasteiger charge is -2.17. The fraction of sp³-hybridized carbons (Fsp3) is 0.350. The summed E-state index contributed by atoms with van der Waals surface area (Å²) in [5, 5.41) is 6.14. The smallest absolute Gasteiger partial charge is 0.387 e. The molecule has 0 aliphatic carbocycles. The summed E-state index contributed by atoms with van der Waals surface area (Å²) in [4.78, 5) is 4.61. The van der Waals surface area contributed by atoms with Crippen LogP contribution in [-0.4, -0.2) is 45.9 Å². The van der Waals surface area contributed by atoms with Gasteiger partial charge in [-0.25, -0.2) is 17.7 Å². The Morgan fingerprint density at radius 1 is 1.06 bits per heavy atom. The van der Waals surface area contributed by atoms with Crippen molar-refractivity contribution in [2.45, 2.75) is 31.5 Å². The normalized spacial score (nSPS) is 11.9. The number of alkyl halides is 2. The topological polar surface area (TPSA) is 83.0 Å². The Morgan fingerprint density at radius 3 is 2.29 bits per heavy atom. The predicted octanol–water partition coefficient (Wildman–Crippen LogP) is 3.41. The van der Waals surface area contributed by atoms with E-state index in [-0.39, 0.29) is 47.7 Å². The van der Waals surface area contributed by atoms with Gasteiger partial charge in [-0.1, -0.05) is 36.4 Å². The van der Waals surface area contributed by atoms with E-state index in [0.717, 1.165) is 4.31 Å². The third-order valence-corrected chi connectivity index (χ3v) is 6.03. The number of hydrogen-bond donors (Lipinski definition) is 2. The Bertz CT molecular complexity index is 972. The van der Waals surface area contributed by atoms with E-state index in [1.165, 1.54) is 20.2 Å². The molecule has 0 atom stereocenters. The molecule has 2 aromatic rings. The maximum Gasteiger partial charge on any atom is 0.387 e. The van der Waals surface area contributed by atoms with E-state index in [4.69, 9.17) is 0 Å². The number of sulfonamides is 1. The SMILES string of the molecule is CCNC(=NCc1ccccc1OC(F)F)NCc1ccccc1S(=O)(=O)N(C)C.I. The predicted molar refractivity (Wildman–Crippen MR) is 127 cm³/mol. The molecule has 0 heterocycles. The summed E-state index contributed by atoms with van der Waals surface area (Å²) in [6.07, 6.45) is 0. The van der Waals surface area contributed by atoms with Crippen molar-refractivity contribution in [3.8, 4) is 5.75 Å². The standard InChI is InChI=1S/C20H26F2N4O3S.HI/c1-4-23-20(24-13-15-9-5-7-11-17(15)29-19(21)22)25-14-16-10-6-8-12-18(16)30(27,28)26(2)3;/h5-12,19H,4,13-14H2,1-3H3,(H2,23,24,25);1H. The molecule has 0 bridgehead atoms. The average molecular weight is 568 g/mol. The lowest BCUT2D eigenvalue weighted by molar-refractivity contribution is -0.0504. The number of benzene rings is 2. The van der Waals surface area contributed by atoms with Crippen LogP contribution in [0.5, 0.6) is 5.75 Å². The van der Waals surface area contributed by atoms with Crippen molar-refractivity contribution in [2.24, 2.45) is 4.99 Å². The monoisotopic (exact) mass is 568 g/mol. The first-order chi connectivity index (χ1) is 14.3. The van der Waals surface area contributed by atoms with E-state index in [2.05, 4.69) is 20.4 Å². The number of nitrogens with zero attached hydrogens (tertiary/aromatic N) is 2. The zero-order valence-electron chi connectivity index (χ0n) is 17.5. The number of guanidine groups is 1. The van der Waals surface area contributed by atoms with Gasteiger partial charge >= 0.3 is 6.61 Å². The summed E-state index contributed by atoms with van der Waals surface area (Å²) in [7, 11) is -0.642. The zero-order valence-corrected chi connectivity index (χ0v) is 20.7. The van der Waals surface area contributed by atoms with Crippen molar-refractivity contribution < 1.29 is 21.9 Å². The molecule has 0 spiro atoms. The van der Waals surface area contributed by atoms with Crippen LogP contribution in [0.25, 0.3) is 0 Å². The van der Waals surface area contributed by atoms with E-state index in [9.17, 15) is 17.2 Å². The molecule has 0 radical (unpaired) electrons. The van der Waals surface area contributed by atoms with Crippen LogP contribution in [-0.2, 0) is 23.1 Å². The van der Waals surface area contributed by atoms with Crippen molar-refractivity contribution in [1.29, 1.82) is 0 Å². The molecule has 2 rings (SSSR count). The minimum Gasteiger partial charge on any atom is -0.434 e. The highest BCUT2D eigenvalue weighted by molar-refractivity contribution is 14.0. The summed E-state index contributed by atoms with van der Waals surface area (Å²) >= 11 is 0. The van der Waals surface area contributed by atoms with Crippen molar-refractivity contribution in [2.75, 3.05) is 20.6 Å². The summed E-state index contributed by atoms with van der Waals surface area (Å²) in [6, 6.07) is 13.1. The highest BCUT2D eigenvalue weighted by atomic mass is 127. The molecule has 0 aromatic heterocycles. The molecule has 0 saturated heterocycles. The van der Waals surface area contributed by atoms with Crippen molar-refractivity contribution in [1.82, 2.24) is 14.9 Å². The third kappa shape index (κ3) is 7.89. The molecule has 31 heavy (non-hydrogen) atoms. The van der Waals surface area contributed by atoms with Crippen LogP contribution in [0.3, 0.4) is 0 Å². The Hall–Kier alpha value is -1.99. The first-order valence-electron chi connectivity index (χ1n) is 9.31. The molecular formula is C20H27F2IN4O3S. The molecule has 172 valence electrons. The second-order valence-electron chi connectivity index (χ2n) is 6.43. The van der Waals surface area contributed by atoms with Crippen LogP contribution in [0.4, 0.5) is 8.78 Å². The Balaban J connectivity index is 0.00000480. The Labute approximate surface area is 199 Å². The maximum absolute atomic E-state index is 12.6. The molecule has 0 amide bonds. The van der Waals surface area contributed by atoms with Crippen molar-refractivity contribution >= 4 is 40.0 Å². The van der Waals surface area contributed by atoms with Gasteiger partial charge in [-0.05, 0) is 24.6 Å². The Morgan fingerprint density at radius 2 is 1.68 bits per heavy atom. The zero-order chi connectivity index (χ0) is 22.1. The molecule has 11 heteroatoms. The van der Waals surface area contributed by atoms with Gasteiger partial charge in [-0.3, -0.25) is 0 Å². The molecule has 0 aliphatic rings. The molecular weight excluding hydrogens is 541 g/mol. The van der Waals surface area contributed by atoms with Gasteiger partial charge in [0.05, 0.1) is 11.4 Å². The molecule has 0 saturated carbocycles. The van der Waals surface area contributed by atoms with Crippen LogP contribution in [0.2, 0.25) is 0 Å². The van der Waals surface area contributed by atoms with E-state index in [1.807, 2.05) is 6.92 Å². The van der Waals surface area contributed by atoms with E-state index >= 15 is 0 Å². The van der Waals surface area contributed by atoms with Gasteiger partial charge in [0.2, 0.25) is 10.0 Å². The number of rotatable bonds is 9. The maximum atomic E-state index is 12.6. The number of para-hydroxylation sites is 1. The Kier molecular flexibility index (Phi) is 11.1. The first-order valence-corrected chi connectivity index (χ1v) is 10.7. The summed E-state index contributed by atoms with van der Waals surface area (Å²) in [5.41, 5.74) is 1.09. The summed E-state index contributed by atoms with van der Waals surface area (Å²) in [5.74, 6) is 0.482. The minimum atomic E-state index is -3.59. The highest BCUT2D eigenvalue weighted by Crippen LogP contribution is 2.21. The van der Waals surface area contributed by atoms with E-state index in [1.54, 1.807) is 42.5 Å². The van der Waals surface area contributed by atoms with Crippen molar-refractivity contribution in [3.63, 3.8) is 0 Å². The molecule has 2 aromatic carbocycles. The molecule has 7 nitrogen and oxygen atoms in total. The fourth-order valence-corrected chi connectivity index (χ4v) is 3.74. The highest BCUT2D eigenvalue weighted by Gasteiger charge is 2.20. The summed E-state index contributed by atoms with van der Waals surface area (Å²) < 4.78 is 55.9. The van der Waals surface area contributed by atoms with Gasteiger partial charge in [-0.2, -0.15) is 8.78 Å². The van der Waals surface area contributed by atoms with Gasteiger partial charge in [0, 0.05) is 32.7 Å². The van der Waals surface area contributed by atoms with Gasteiger partial charge in [0.15, 0.2) is 5.96 Å². The number of nitrogens with one attached hydrogen (secondary N) is 2. The van der Waals surface area contributed by atoms with Gasteiger partial charge in [0.1, 0.15) is 5.75 Å². The van der Waals surface area contributed by atoms with Crippen LogP contribution in [0.1, 0.15) is 18.1 Å². The number of hydrogen-bond acceptors (Lipinski definition) is 4. The van der Waals surface area contributed by atoms with Crippen LogP contribution in [0, 0.1) is 0 Å². The lowest BCUT2D eigenvalue weighted by Crippen LogP contribution is -2.37. The second-order valence-corrected chi connectivity index (χ2v) is 8.55. The van der Waals surface area contributed by atoms with Gasteiger partial charge < -0.3 is 15.4 Å². The van der Waals surface area contributed by atoms with Gasteiger partial charge in [-0.15, -0.1) is 24.0 Å². The second kappa shape index (κ2) is 12.8. The molecule has 0 unspecified atom stereocenters. The number of halogens is 3. The van der Waals surface area contributed by atoms with Crippen LogP contribution < -0.4 is 15.4 Å². The third-order valence-electron chi connectivity index (χ3n) is 4.12. The fourth-order valence-electron chi connectivity index (χ4n) is 2.63.